The molecule has 0 spiro atoms. The lowest BCUT2D eigenvalue weighted by molar-refractivity contribution is -0.149. The molecular formula is C91H125N23O18S2. The summed E-state index contributed by atoms with van der Waals surface area (Å²) in [5.74, 6) is -15.4. The van der Waals surface area contributed by atoms with E-state index in [0.29, 0.717) is 64.7 Å². The zero-order valence-electron chi connectivity index (χ0n) is 76.5. The number of para-hydroxylation sites is 1. The predicted molar refractivity (Wildman–Crippen MR) is 499 cm³/mol. The molecule has 3 saturated heterocycles. The molecule has 14 atom stereocenters. The molecule has 2 bridgehead atoms. The van der Waals surface area contributed by atoms with Gasteiger partial charge in [0.05, 0.1) is 25.2 Å². The summed E-state index contributed by atoms with van der Waals surface area (Å²) in [6.07, 6.45) is 5.44. The third-order valence-electron chi connectivity index (χ3n) is 24.5. The number of thioether (sulfide) groups is 1. The molecule has 0 radical (unpaired) electrons. The summed E-state index contributed by atoms with van der Waals surface area (Å²) in [7, 11) is 4.03. The predicted octanol–water partition coefficient (Wildman–Crippen LogP) is -0.468. The summed E-state index contributed by atoms with van der Waals surface area (Å²) in [6, 6.07) is -0.235. The number of unbranched alkanes of at least 4 members (excludes halogenated alkanes) is 2. The zero-order valence-corrected chi connectivity index (χ0v) is 78.2. The first-order valence-corrected chi connectivity index (χ1v) is 47.2. The summed E-state index contributed by atoms with van der Waals surface area (Å²) >= 11 is 2.16. The van der Waals surface area contributed by atoms with Crippen molar-refractivity contribution in [1.82, 2.24) is 97.9 Å². The number of hydrogen-bond acceptors (Lipinski definition) is 23. The number of nitrogens with one attached hydrogen (secondary N) is 14. The second-order valence-corrected chi connectivity index (χ2v) is 36.7. The zero-order chi connectivity index (χ0) is 97.3. The highest BCUT2D eigenvalue weighted by atomic mass is 32.2. The average Bonchev–Trinajstić information content (AvgIpc) is 1.60. The fourth-order valence-corrected chi connectivity index (χ4v) is 18.9. The summed E-state index contributed by atoms with van der Waals surface area (Å²) in [6.45, 7) is 6.95. The van der Waals surface area contributed by atoms with Crippen molar-refractivity contribution in [1.29, 1.82) is 5.41 Å². The number of aliphatic hydroxyl groups excluding tert-OH is 1. The molecule has 4 aliphatic rings. The normalized spacial score (nSPS) is 24.7. The van der Waals surface area contributed by atoms with E-state index in [0.717, 1.165) is 31.6 Å². The standard InChI is InChI=1S/C91H125N23O18S2/c1-9-11-23-70-83(125)102-60(22-17-33-97-91(94)95)79(121)109-68(78(120)99-43-75(93)117)46-133-47-76(118)101-64(36-51-27-29-55(116)30-28-51)86(128)110(6)50(5)77(119)105-66-40-58(92)69-31-32-72(114(69)89(66)131)85(127)104-62(39-54-42-96-48-100-54)81(123)106-63(35-49(3)4)88(130)113-34-18-25-71(113)84(126)103-61(37-52-41-98-59-21-15-13-19-56(52)59)80(122)108-67(44-115)82(124)107-65(38-53-45-134-74-26-16-14-20-57(53)74)87(129)112(8)73(24-12-10-2)90(132)111(70)7/h13-16,19-21,26-30,41-42,45,48-50,60-68,70-73,98,115-116H,9-12,17-18,22-25,31-40,43-44,46-47,92H2,1-8H3,(H2,93,117)(H,96,100)(H,99,120)(H,101,118)(H,102,125)(H,103,126)(H,104,127)(H,105,119)(H,106,123)(H,107,124)(H,108,122)(H,109,121)(H4,94,95,97)/t50-,60-,61-,62-,63-,64-,65-,66-,67-,68-,70-,71-,72-,73-/m0/s1. The van der Waals surface area contributed by atoms with Gasteiger partial charge in [-0.1, -0.05) is 102 Å². The number of allylic oxidation sites excluding steroid dienone is 1. The van der Waals surface area contributed by atoms with Crippen LogP contribution >= 0.6 is 23.1 Å². The second kappa shape index (κ2) is 48.5. The van der Waals surface area contributed by atoms with Gasteiger partial charge >= 0.3 is 0 Å². The van der Waals surface area contributed by atoms with Gasteiger partial charge in [-0.25, -0.2) is 4.98 Å². The summed E-state index contributed by atoms with van der Waals surface area (Å²) in [5.41, 5.74) is 20.9. The van der Waals surface area contributed by atoms with E-state index in [1.165, 1.54) is 90.9 Å². The average molecular weight is 1890 g/mol. The van der Waals surface area contributed by atoms with Crippen molar-refractivity contribution in [2.75, 3.05) is 58.9 Å². The van der Waals surface area contributed by atoms with Crippen LogP contribution in [0.3, 0.4) is 0 Å². The number of amides is 16. The van der Waals surface area contributed by atoms with Crippen LogP contribution in [0.1, 0.15) is 147 Å². The van der Waals surface area contributed by atoms with Crippen LogP contribution < -0.4 is 75.7 Å². The number of guanidine groups is 1. The van der Waals surface area contributed by atoms with Crippen LogP contribution in [0.5, 0.6) is 5.75 Å². The van der Waals surface area contributed by atoms with Gasteiger partial charge in [0.15, 0.2) is 5.96 Å². The number of primary amides is 1. The molecular weight excluding hydrogens is 1770 g/mol. The Labute approximate surface area is 783 Å². The van der Waals surface area contributed by atoms with Gasteiger partial charge in [0.2, 0.25) is 88.6 Å². The topological polar surface area (TPSA) is 608 Å². The van der Waals surface area contributed by atoms with Crippen molar-refractivity contribution in [2.24, 2.45) is 23.1 Å². The maximum atomic E-state index is 15.8. The third-order valence-corrected chi connectivity index (χ3v) is 26.6. The minimum Gasteiger partial charge on any atom is -0.508 e. The van der Waals surface area contributed by atoms with Crippen LogP contribution in [0, 0.1) is 11.3 Å². The van der Waals surface area contributed by atoms with E-state index in [-0.39, 0.29) is 120 Å². The highest BCUT2D eigenvalue weighted by Crippen LogP contribution is 2.36. The number of carbonyl (C=O) groups is 16. The molecule has 6 aromatic rings. The van der Waals surface area contributed by atoms with Gasteiger partial charge in [-0.3, -0.25) is 82.1 Å². The molecule has 22 N–H and O–H groups in total. The number of hydrogen-bond donors (Lipinski definition) is 19. The van der Waals surface area contributed by atoms with E-state index < -0.39 is 210 Å². The van der Waals surface area contributed by atoms with E-state index in [2.05, 4.69) is 73.4 Å². The Morgan fingerprint density at radius 3 is 1.87 bits per heavy atom. The number of imidazole rings is 1. The summed E-state index contributed by atoms with van der Waals surface area (Å²) in [5, 5.41) is 62.3. The fourth-order valence-electron chi connectivity index (χ4n) is 17.0. The van der Waals surface area contributed by atoms with Crippen LogP contribution in [0.4, 0.5) is 0 Å². The molecule has 0 aliphatic carbocycles. The second-order valence-electron chi connectivity index (χ2n) is 34.7. The van der Waals surface area contributed by atoms with E-state index >= 15 is 38.4 Å². The van der Waals surface area contributed by atoms with Gasteiger partial charge in [-0.15, -0.1) is 23.1 Å². The molecule has 10 rings (SSSR count). The van der Waals surface area contributed by atoms with Gasteiger partial charge in [0.25, 0.3) is 5.91 Å². The molecule has 0 unspecified atom stereocenters. The van der Waals surface area contributed by atoms with E-state index in [1.807, 2.05) is 51.3 Å². The van der Waals surface area contributed by atoms with Gasteiger partial charge in [0, 0.05) is 117 Å². The Bertz CT molecular complexity index is 5280. The van der Waals surface area contributed by atoms with Gasteiger partial charge < -0.3 is 120 Å². The molecule has 724 valence electrons. The number of rotatable bonds is 24. The first-order valence-electron chi connectivity index (χ1n) is 45.2. The van der Waals surface area contributed by atoms with Crippen molar-refractivity contribution in [3.05, 3.63) is 131 Å². The van der Waals surface area contributed by atoms with Crippen LogP contribution in [-0.2, 0) is 102 Å². The van der Waals surface area contributed by atoms with E-state index in [4.69, 9.17) is 22.6 Å². The minimum atomic E-state index is -1.83. The smallest absolute Gasteiger partial charge is 0.250 e. The van der Waals surface area contributed by atoms with E-state index in [1.54, 1.807) is 36.5 Å². The first kappa shape index (κ1) is 103. The lowest BCUT2D eigenvalue weighted by atomic mass is 10.00. The number of phenols is 1. The minimum absolute atomic E-state index is 0.00334. The van der Waals surface area contributed by atoms with Crippen LogP contribution in [0.2, 0.25) is 0 Å². The van der Waals surface area contributed by atoms with Crippen molar-refractivity contribution >= 4 is 145 Å². The molecule has 3 fully saturated rings. The number of likely N-dealkylation sites (N-methyl/N-ethyl adjacent to an activating group) is 3. The number of aromatic amines is 2. The lowest BCUT2D eigenvalue weighted by Crippen LogP contribution is -2.62. The third kappa shape index (κ3) is 27.1. The number of aromatic nitrogens is 3. The number of thiophene rings is 1. The quantitative estimate of drug-likeness (QED) is 0.0207. The molecule has 43 heteroatoms. The molecule has 7 heterocycles. The molecule has 3 aromatic heterocycles. The summed E-state index contributed by atoms with van der Waals surface area (Å²) in [4.78, 5) is 254. The Morgan fingerprint density at radius 2 is 1.20 bits per heavy atom. The number of H-pyrrole nitrogens is 2. The monoisotopic (exact) mass is 1890 g/mol. The van der Waals surface area contributed by atoms with Crippen molar-refractivity contribution in [2.45, 2.75) is 235 Å². The number of phenolic OH excluding ortho intramolecular Hbond substituents is 1. The number of aromatic hydroxyl groups is 1. The van der Waals surface area contributed by atoms with E-state index in [9.17, 15) is 48.6 Å². The number of nitrogens with zero attached hydrogens (tertiary/aromatic N) is 6. The van der Waals surface area contributed by atoms with Gasteiger partial charge in [-0.05, 0) is 122 Å². The highest BCUT2D eigenvalue weighted by Gasteiger charge is 2.48. The van der Waals surface area contributed by atoms with Gasteiger partial charge in [0.1, 0.15) is 90.3 Å². The Hall–Kier alpha value is -13.2. The SMILES string of the molecule is CCCC[C@H]1C(=O)N(C)[C@@H](CCCC)C(=O)N[C@@H](CCCNC(=N)N)C(=O)N[C@H](C(=O)NCC(N)=O)CSCC(=O)N[C@@H](Cc2ccc(O)cc2)C(=O)N(C)[C@@H](C)C(=O)N[C@H]2CC(N)=C3CC[C@@H](C(=O)N[C@@H](Cc4cnc[nH]4)C(=O)N[C@@H](CC(C)C)C(=O)N4CCC[C@H]4C(=O)N[C@@H](Cc4c[nH]c5ccccc45)C(=O)N[C@@H](CO)C(=O)N[C@@H](Cc4csc5ccccc45)C(=O)N1C)N3C2=O. The first-order chi connectivity index (χ1) is 64.0. The van der Waals surface area contributed by atoms with Crippen LogP contribution in [0.15, 0.2) is 108 Å². The molecule has 3 aromatic carbocycles. The molecule has 134 heavy (non-hydrogen) atoms. The van der Waals surface area contributed by atoms with Crippen molar-refractivity contribution in [3.63, 3.8) is 0 Å². The molecule has 0 saturated carbocycles. The molecule has 16 amide bonds. The highest BCUT2D eigenvalue weighted by molar-refractivity contribution is 8.00. The number of nitrogens with two attached hydrogens (primary N) is 3. The van der Waals surface area contributed by atoms with Crippen molar-refractivity contribution in [3.8, 4) is 5.75 Å². The lowest BCUT2D eigenvalue weighted by Gasteiger charge is -2.36. The Kier molecular flexibility index (Phi) is 37.2. The van der Waals surface area contributed by atoms with Crippen molar-refractivity contribution < 1.29 is 86.9 Å². The largest absolute Gasteiger partial charge is 0.508 e. The van der Waals surface area contributed by atoms with Crippen LogP contribution in [-0.4, -0.2) is 294 Å². The fraction of sp³-hybridized carbons (Fsp3) is 0.516. The van der Waals surface area contributed by atoms with Crippen LogP contribution in [0.25, 0.3) is 21.0 Å². The maximum absolute atomic E-state index is 15.8. The maximum Gasteiger partial charge on any atom is 0.250 e. The number of fused-ring (bicyclic) bond motifs is 4. The summed E-state index contributed by atoms with van der Waals surface area (Å²) < 4.78 is 0.831. The van der Waals surface area contributed by atoms with Gasteiger partial charge in [-0.2, -0.15) is 0 Å². The number of benzene rings is 3. The molecule has 4 aliphatic heterocycles. The molecule has 41 nitrogen and oxygen atoms in total. The number of carbonyl (C=O) groups excluding carboxylic acids is 16. The Morgan fingerprint density at radius 1 is 0.597 bits per heavy atom. The Balaban J connectivity index is 1.01. The number of aliphatic hydroxyl groups is 1.